The fourth-order valence-electron chi connectivity index (χ4n) is 4.29. The zero-order valence-electron chi connectivity index (χ0n) is 13.6. The van der Waals surface area contributed by atoms with E-state index in [2.05, 4.69) is 30.8 Å². The first-order valence-corrected chi connectivity index (χ1v) is 8.95. The molecule has 0 spiro atoms. The van der Waals surface area contributed by atoms with Crippen LogP contribution in [0, 0.1) is 17.3 Å². The standard InChI is InChI=1S/C17H28ClN3/c1-4-14-16(18)15(21(6-3)20-14)10-17(11-19-5-2)8-12-7-13(12)9-17/h12-13,19H,4-11H2,1-3H3. The average Bonchev–Trinajstić information content (AvgIpc) is 2.99. The van der Waals surface area contributed by atoms with Gasteiger partial charge >= 0.3 is 0 Å². The van der Waals surface area contributed by atoms with Gasteiger partial charge in [-0.1, -0.05) is 25.4 Å². The second-order valence-corrected chi connectivity index (χ2v) is 7.38. The highest BCUT2D eigenvalue weighted by atomic mass is 35.5. The fraction of sp³-hybridized carbons (Fsp3) is 0.824. The molecule has 0 bridgehead atoms. The molecule has 4 heteroatoms. The zero-order chi connectivity index (χ0) is 15.0. The molecule has 2 aliphatic rings. The minimum Gasteiger partial charge on any atom is -0.316 e. The minimum absolute atomic E-state index is 0.408. The van der Waals surface area contributed by atoms with Crippen LogP contribution in [0.15, 0.2) is 0 Å². The molecule has 2 saturated carbocycles. The summed E-state index contributed by atoms with van der Waals surface area (Å²) in [5.41, 5.74) is 2.75. The predicted molar refractivity (Wildman–Crippen MR) is 87.8 cm³/mol. The highest BCUT2D eigenvalue weighted by Gasteiger charge is 2.53. The van der Waals surface area contributed by atoms with Gasteiger partial charge in [0.2, 0.25) is 0 Å². The minimum atomic E-state index is 0.408. The number of halogens is 1. The first-order valence-electron chi connectivity index (χ1n) is 8.57. The maximum Gasteiger partial charge on any atom is 0.0850 e. The molecule has 1 aromatic rings. The smallest absolute Gasteiger partial charge is 0.0850 e. The molecule has 2 aliphatic carbocycles. The van der Waals surface area contributed by atoms with Crippen molar-refractivity contribution in [1.29, 1.82) is 0 Å². The van der Waals surface area contributed by atoms with E-state index in [0.717, 1.165) is 55.0 Å². The predicted octanol–water partition coefficient (Wildman–Crippen LogP) is 3.69. The second kappa shape index (κ2) is 5.92. The van der Waals surface area contributed by atoms with Gasteiger partial charge in [0.25, 0.3) is 0 Å². The number of hydrogen-bond donors (Lipinski definition) is 1. The maximum absolute atomic E-state index is 6.63. The topological polar surface area (TPSA) is 29.9 Å². The Balaban J connectivity index is 1.84. The van der Waals surface area contributed by atoms with Gasteiger partial charge in [-0.3, -0.25) is 4.68 Å². The quantitative estimate of drug-likeness (QED) is 0.832. The Morgan fingerprint density at radius 3 is 2.57 bits per heavy atom. The highest BCUT2D eigenvalue weighted by Crippen LogP contribution is 2.60. The Kier molecular flexibility index (Phi) is 4.33. The molecule has 21 heavy (non-hydrogen) atoms. The van der Waals surface area contributed by atoms with Crippen LogP contribution < -0.4 is 5.32 Å². The van der Waals surface area contributed by atoms with E-state index < -0.39 is 0 Å². The van der Waals surface area contributed by atoms with Crippen LogP contribution in [0.2, 0.25) is 5.02 Å². The molecule has 3 rings (SSSR count). The Hall–Kier alpha value is -0.540. The number of nitrogens with zero attached hydrogens (tertiary/aromatic N) is 2. The van der Waals surface area contributed by atoms with Gasteiger partial charge in [0, 0.05) is 13.1 Å². The maximum atomic E-state index is 6.63. The van der Waals surface area contributed by atoms with E-state index in [1.807, 2.05) is 0 Å². The Morgan fingerprint density at radius 2 is 2.00 bits per heavy atom. The molecular formula is C17H28ClN3. The molecule has 2 fully saturated rings. The monoisotopic (exact) mass is 309 g/mol. The van der Waals surface area contributed by atoms with Gasteiger partial charge in [0.1, 0.15) is 0 Å². The number of rotatable bonds is 7. The molecule has 118 valence electrons. The lowest BCUT2D eigenvalue weighted by Gasteiger charge is -2.31. The molecule has 1 N–H and O–H groups in total. The highest BCUT2D eigenvalue weighted by molar-refractivity contribution is 6.31. The van der Waals surface area contributed by atoms with Crippen molar-refractivity contribution in [1.82, 2.24) is 15.1 Å². The SMILES string of the molecule is CCNCC1(Cc2c(Cl)c(CC)nn2CC)CC2CC2C1. The first kappa shape index (κ1) is 15.4. The van der Waals surface area contributed by atoms with Crippen LogP contribution in [0.1, 0.15) is 51.4 Å². The van der Waals surface area contributed by atoms with Crippen LogP contribution in [0.4, 0.5) is 0 Å². The van der Waals surface area contributed by atoms with Crippen molar-refractivity contribution in [3.8, 4) is 0 Å². The molecule has 0 saturated heterocycles. The Bertz CT molecular complexity index is 498. The van der Waals surface area contributed by atoms with Crippen molar-refractivity contribution in [2.45, 2.75) is 59.4 Å². The second-order valence-electron chi connectivity index (χ2n) is 7.00. The number of hydrogen-bond acceptors (Lipinski definition) is 2. The van der Waals surface area contributed by atoms with Gasteiger partial charge in [-0.2, -0.15) is 5.10 Å². The zero-order valence-corrected chi connectivity index (χ0v) is 14.3. The van der Waals surface area contributed by atoms with Crippen LogP contribution in [0.5, 0.6) is 0 Å². The van der Waals surface area contributed by atoms with E-state index in [1.165, 1.54) is 25.0 Å². The lowest BCUT2D eigenvalue weighted by Crippen LogP contribution is -2.36. The number of aryl methyl sites for hydroxylation is 2. The molecular weight excluding hydrogens is 282 g/mol. The molecule has 1 heterocycles. The van der Waals surface area contributed by atoms with Crippen LogP contribution in [-0.4, -0.2) is 22.9 Å². The summed E-state index contributed by atoms with van der Waals surface area (Å²) in [5.74, 6) is 1.98. The number of nitrogens with one attached hydrogen (secondary N) is 1. The summed E-state index contributed by atoms with van der Waals surface area (Å²) in [4.78, 5) is 0. The van der Waals surface area contributed by atoms with E-state index in [4.69, 9.17) is 16.7 Å². The Morgan fingerprint density at radius 1 is 1.29 bits per heavy atom. The van der Waals surface area contributed by atoms with Crippen molar-refractivity contribution in [2.24, 2.45) is 17.3 Å². The van der Waals surface area contributed by atoms with Gasteiger partial charge in [0.05, 0.1) is 16.4 Å². The summed E-state index contributed by atoms with van der Waals surface area (Å²) in [6.45, 7) is 9.59. The summed E-state index contributed by atoms with van der Waals surface area (Å²) < 4.78 is 2.14. The molecule has 1 aromatic heterocycles. The van der Waals surface area contributed by atoms with E-state index in [0.29, 0.717) is 5.41 Å². The van der Waals surface area contributed by atoms with Gasteiger partial charge in [-0.15, -0.1) is 0 Å². The van der Waals surface area contributed by atoms with E-state index in [9.17, 15) is 0 Å². The van der Waals surface area contributed by atoms with E-state index in [-0.39, 0.29) is 0 Å². The summed E-state index contributed by atoms with van der Waals surface area (Å²) in [5, 5.41) is 9.22. The van der Waals surface area contributed by atoms with Crippen molar-refractivity contribution < 1.29 is 0 Å². The number of fused-ring (bicyclic) bond motifs is 1. The number of aromatic nitrogens is 2. The molecule has 0 aliphatic heterocycles. The third-order valence-electron chi connectivity index (χ3n) is 5.45. The third-order valence-corrected chi connectivity index (χ3v) is 5.88. The summed E-state index contributed by atoms with van der Waals surface area (Å²) in [6, 6.07) is 0. The molecule has 3 nitrogen and oxygen atoms in total. The normalized spacial score (nSPS) is 30.7. The van der Waals surface area contributed by atoms with Crippen LogP contribution in [-0.2, 0) is 19.4 Å². The fourth-order valence-corrected chi connectivity index (χ4v) is 4.62. The van der Waals surface area contributed by atoms with Gasteiger partial charge in [-0.25, -0.2) is 0 Å². The largest absolute Gasteiger partial charge is 0.316 e. The van der Waals surface area contributed by atoms with Crippen LogP contribution in [0.3, 0.4) is 0 Å². The van der Waals surface area contributed by atoms with Gasteiger partial charge in [0.15, 0.2) is 0 Å². The van der Waals surface area contributed by atoms with E-state index >= 15 is 0 Å². The van der Waals surface area contributed by atoms with Crippen molar-refractivity contribution in [2.75, 3.05) is 13.1 Å². The van der Waals surface area contributed by atoms with Gasteiger partial charge < -0.3 is 5.32 Å². The van der Waals surface area contributed by atoms with Crippen molar-refractivity contribution >= 4 is 11.6 Å². The summed E-state index contributed by atoms with van der Waals surface area (Å²) >= 11 is 6.63. The third kappa shape index (κ3) is 2.87. The molecule has 0 radical (unpaired) electrons. The molecule has 0 amide bonds. The molecule has 0 aromatic carbocycles. The summed E-state index contributed by atoms with van der Waals surface area (Å²) in [7, 11) is 0. The van der Waals surface area contributed by atoms with Gasteiger partial charge in [-0.05, 0) is 62.8 Å². The lowest BCUT2D eigenvalue weighted by atomic mass is 9.78. The summed E-state index contributed by atoms with van der Waals surface area (Å²) in [6.07, 6.45) is 6.22. The first-order chi connectivity index (χ1) is 10.1. The lowest BCUT2D eigenvalue weighted by molar-refractivity contribution is 0.244. The van der Waals surface area contributed by atoms with Crippen LogP contribution >= 0.6 is 11.6 Å². The molecule has 2 unspecified atom stereocenters. The van der Waals surface area contributed by atoms with Crippen molar-refractivity contribution in [3.05, 3.63) is 16.4 Å². The van der Waals surface area contributed by atoms with Crippen molar-refractivity contribution in [3.63, 3.8) is 0 Å². The average molecular weight is 310 g/mol. The Labute approximate surface area is 133 Å². The molecule has 2 atom stereocenters. The van der Waals surface area contributed by atoms with E-state index in [1.54, 1.807) is 0 Å². The van der Waals surface area contributed by atoms with Crippen LogP contribution in [0.25, 0.3) is 0 Å².